The minimum Gasteiger partial charge on any atom is -0.497 e. The molecule has 0 spiro atoms. The van der Waals surface area contributed by atoms with Crippen LogP contribution in [-0.2, 0) is 14.8 Å². The van der Waals surface area contributed by atoms with Gasteiger partial charge in [0.25, 0.3) is 0 Å². The van der Waals surface area contributed by atoms with E-state index in [0.29, 0.717) is 11.4 Å². The van der Waals surface area contributed by atoms with Crippen LogP contribution in [0.25, 0.3) is 0 Å². The number of hydrogen-bond donors (Lipinski definition) is 1. The summed E-state index contributed by atoms with van der Waals surface area (Å²) in [7, 11) is -2.08. The van der Waals surface area contributed by atoms with E-state index in [4.69, 9.17) is 9.84 Å². The third-order valence-electron chi connectivity index (χ3n) is 2.60. The second kappa shape index (κ2) is 5.92. The van der Waals surface area contributed by atoms with Crippen LogP contribution in [0.3, 0.4) is 0 Å². The molecule has 0 aliphatic carbocycles. The number of anilines is 1. The number of carbonyl (C=O) groups is 1. The van der Waals surface area contributed by atoms with Crippen LogP contribution in [0.5, 0.6) is 5.75 Å². The van der Waals surface area contributed by atoms with Crippen molar-refractivity contribution in [3.8, 4) is 5.75 Å². The largest absolute Gasteiger partial charge is 0.497 e. The molecule has 0 fully saturated rings. The van der Waals surface area contributed by atoms with E-state index in [1.165, 1.54) is 14.0 Å². The fourth-order valence-corrected chi connectivity index (χ4v) is 2.52. The van der Waals surface area contributed by atoms with Crippen LogP contribution in [-0.4, -0.2) is 39.4 Å². The molecule has 1 rings (SSSR count). The van der Waals surface area contributed by atoms with E-state index in [9.17, 15) is 13.2 Å². The zero-order chi connectivity index (χ0) is 14.6. The van der Waals surface area contributed by atoms with Crippen LogP contribution < -0.4 is 9.04 Å². The molecule has 0 saturated heterocycles. The fourth-order valence-electron chi connectivity index (χ4n) is 1.52. The van der Waals surface area contributed by atoms with Crippen molar-refractivity contribution in [1.82, 2.24) is 0 Å². The molecule has 0 radical (unpaired) electrons. The number of aliphatic carboxylic acids is 1. The van der Waals surface area contributed by atoms with Crippen LogP contribution >= 0.6 is 0 Å². The number of sulfonamides is 1. The van der Waals surface area contributed by atoms with Gasteiger partial charge in [0.2, 0.25) is 10.0 Å². The SMILES string of the molecule is COc1cccc(N(CC(C)C(=O)O)S(C)(=O)=O)c1. The maximum atomic E-state index is 11.8. The lowest BCUT2D eigenvalue weighted by atomic mass is 10.2. The van der Waals surface area contributed by atoms with Crippen molar-refractivity contribution in [2.45, 2.75) is 6.92 Å². The summed E-state index contributed by atoms with van der Waals surface area (Å²) >= 11 is 0. The number of carboxylic acids is 1. The molecule has 0 aliphatic rings. The van der Waals surface area contributed by atoms with Gasteiger partial charge in [-0.25, -0.2) is 8.42 Å². The standard InChI is InChI=1S/C12H17NO5S/c1-9(12(14)15)8-13(19(3,16)17)10-5-4-6-11(7-10)18-2/h4-7,9H,8H2,1-3H3,(H,14,15). The van der Waals surface area contributed by atoms with Gasteiger partial charge in [-0.15, -0.1) is 0 Å². The summed E-state index contributed by atoms with van der Waals surface area (Å²) in [5.74, 6) is -1.34. The summed E-state index contributed by atoms with van der Waals surface area (Å²) in [6.07, 6.45) is 1.04. The molecule has 1 aromatic rings. The molecule has 0 heterocycles. The summed E-state index contributed by atoms with van der Waals surface area (Å²) < 4.78 is 29.7. The monoisotopic (exact) mass is 287 g/mol. The van der Waals surface area contributed by atoms with Gasteiger partial charge in [-0.05, 0) is 12.1 Å². The number of rotatable bonds is 6. The zero-order valence-electron chi connectivity index (χ0n) is 11.0. The normalized spacial score (nSPS) is 12.8. The third kappa shape index (κ3) is 4.13. The number of nitrogens with zero attached hydrogens (tertiary/aromatic N) is 1. The number of methoxy groups -OCH3 is 1. The maximum Gasteiger partial charge on any atom is 0.308 e. The topological polar surface area (TPSA) is 83.9 Å². The smallest absolute Gasteiger partial charge is 0.308 e. The third-order valence-corrected chi connectivity index (χ3v) is 3.76. The number of benzene rings is 1. The Bertz CT molecular complexity index is 555. The Morgan fingerprint density at radius 3 is 2.58 bits per heavy atom. The quantitative estimate of drug-likeness (QED) is 0.849. The minimum absolute atomic E-state index is 0.124. The van der Waals surface area contributed by atoms with Gasteiger partial charge in [0.15, 0.2) is 0 Å². The van der Waals surface area contributed by atoms with E-state index >= 15 is 0 Å². The predicted molar refractivity (Wildman–Crippen MR) is 72.0 cm³/mol. The van der Waals surface area contributed by atoms with Crippen molar-refractivity contribution in [1.29, 1.82) is 0 Å². The molecule has 0 amide bonds. The molecule has 0 aliphatic heterocycles. The van der Waals surface area contributed by atoms with E-state index in [2.05, 4.69) is 0 Å². The fraction of sp³-hybridized carbons (Fsp3) is 0.417. The van der Waals surface area contributed by atoms with Gasteiger partial charge in [0.05, 0.1) is 25.0 Å². The van der Waals surface area contributed by atoms with Crippen LogP contribution in [0.4, 0.5) is 5.69 Å². The summed E-state index contributed by atoms with van der Waals surface area (Å²) in [6, 6.07) is 6.48. The van der Waals surface area contributed by atoms with Crippen molar-refractivity contribution in [2.75, 3.05) is 24.2 Å². The highest BCUT2D eigenvalue weighted by Gasteiger charge is 2.23. The second-order valence-corrected chi connectivity index (χ2v) is 6.14. The highest BCUT2D eigenvalue weighted by molar-refractivity contribution is 7.92. The molecule has 1 N–H and O–H groups in total. The predicted octanol–water partition coefficient (Wildman–Crippen LogP) is 1.18. The van der Waals surface area contributed by atoms with Gasteiger partial charge in [-0.1, -0.05) is 13.0 Å². The van der Waals surface area contributed by atoms with Crippen LogP contribution in [0.15, 0.2) is 24.3 Å². The van der Waals surface area contributed by atoms with Gasteiger partial charge in [0.1, 0.15) is 5.75 Å². The molecule has 0 saturated carbocycles. The van der Waals surface area contributed by atoms with Crippen molar-refractivity contribution >= 4 is 21.7 Å². The molecule has 106 valence electrons. The minimum atomic E-state index is -3.56. The van der Waals surface area contributed by atoms with E-state index in [-0.39, 0.29) is 6.54 Å². The first-order chi connectivity index (χ1) is 8.75. The Morgan fingerprint density at radius 1 is 1.47 bits per heavy atom. The molecule has 0 aromatic heterocycles. The van der Waals surface area contributed by atoms with Crippen LogP contribution in [0, 0.1) is 5.92 Å². The summed E-state index contributed by atoms with van der Waals surface area (Å²) in [5.41, 5.74) is 0.384. The average Bonchev–Trinajstić information content (AvgIpc) is 2.34. The molecule has 0 bridgehead atoms. The first-order valence-corrected chi connectivity index (χ1v) is 7.45. The Kier molecular flexibility index (Phi) is 4.77. The number of hydrogen-bond acceptors (Lipinski definition) is 4. The molecule has 6 nitrogen and oxygen atoms in total. The van der Waals surface area contributed by atoms with Crippen molar-refractivity contribution in [2.24, 2.45) is 5.92 Å². The van der Waals surface area contributed by atoms with Crippen molar-refractivity contribution < 1.29 is 23.1 Å². The lowest BCUT2D eigenvalue weighted by molar-refractivity contribution is -0.140. The van der Waals surface area contributed by atoms with E-state index in [1.54, 1.807) is 24.3 Å². The Labute approximate surface area is 112 Å². The highest BCUT2D eigenvalue weighted by Crippen LogP contribution is 2.24. The molecule has 1 unspecified atom stereocenters. The lowest BCUT2D eigenvalue weighted by Crippen LogP contribution is -2.36. The van der Waals surface area contributed by atoms with Gasteiger partial charge in [0, 0.05) is 12.6 Å². The van der Waals surface area contributed by atoms with E-state index in [1.807, 2.05) is 0 Å². The number of ether oxygens (including phenoxy) is 1. The summed E-state index contributed by atoms with van der Waals surface area (Å²) in [4.78, 5) is 10.9. The first kappa shape index (κ1) is 15.3. The molecule has 1 aromatic carbocycles. The van der Waals surface area contributed by atoms with E-state index in [0.717, 1.165) is 10.6 Å². The van der Waals surface area contributed by atoms with Gasteiger partial charge >= 0.3 is 5.97 Å². The molecule has 19 heavy (non-hydrogen) atoms. The first-order valence-electron chi connectivity index (χ1n) is 5.60. The molecular formula is C12H17NO5S. The number of carboxylic acid groups (broad SMARTS) is 1. The van der Waals surface area contributed by atoms with Crippen LogP contribution in [0.2, 0.25) is 0 Å². The Hall–Kier alpha value is -1.76. The summed E-state index contributed by atoms with van der Waals surface area (Å²) in [6.45, 7) is 1.34. The summed E-state index contributed by atoms with van der Waals surface area (Å²) in [5, 5.41) is 8.90. The lowest BCUT2D eigenvalue weighted by Gasteiger charge is -2.24. The molecular weight excluding hydrogens is 270 g/mol. The van der Waals surface area contributed by atoms with Gasteiger partial charge in [-0.3, -0.25) is 9.10 Å². The van der Waals surface area contributed by atoms with Crippen molar-refractivity contribution in [3.05, 3.63) is 24.3 Å². The molecule has 7 heteroatoms. The van der Waals surface area contributed by atoms with E-state index < -0.39 is 21.9 Å². The Balaban J connectivity index is 3.14. The second-order valence-electron chi connectivity index (χ2n) is 4.23. The van der Waals surface area contributed by atoms with Crippen molar-refractivity contribution in [3.63, 3.8) is 0 Å². The zero-order valence-corrected chi connectivity index (χ0v) is 11.8. The highest BCUT2D eigenvalue weighted by atomic mass is 32.2. The molecule has 1 atom stereocenters. The van der Waals surface area contributed by atoms with Gasteiger partial charge < -0.3 is 9.84 Å². The van der Waals surface area contributed by atoms with Crippen LogP contribution in [0.1, 0.15) is 6.92 Å². The average molecular weight is 287 g/mol. The maximum absolute atomic E-state index is 11.8. The van der Waals surface area contributed by atoms with Gasteiger partial charge in [-0.2, -0.15) is 0 Å². The Morgan fingerprint density at radius 2 is 2.11 bits per heavy atom.